The van der Waals surface area contributed by atoms with E-state index in [0.717, 1.165) is 19.3 Å². The van der Waals surface area contributed by atoms with Crippen molar-refractivity contribution in [2.75, 3.05) is 56.4 Å². The van der Waals surface area contributed by atoms with Crippen LogP contribution in [0.3, 0.4) is 0 Å². The van der Waals surface area contributed by atoms with Crippen molar-refractivity contribution in [1.29, 1.82) is 0 Å². The van der Waals surface area contributed by atoms with Gasteiger partial charge in [-0.2, -0.15) is 0 Å². The zero-order valence-electron chi connectivity index (χ0n) is 31.0. The Kier molecular flexibility index (Phi) is 12.6. The topological polar surface area (TPSA) is 127 Å². The molecule has 1 unspecified atom stereocenters. The Morgan fingerprint density at radius 2 is 1.82 bits per heavy atom. The number of anilines is 2. The second-order valence-electron chi connectivity index (χ2n) is 15.5. The lowest BCUT2D eigenvalue weighted by Gasteiger charge is -2.40. The highest BCUT2D eigenvalue weighted by atomic mass is 16.6. The van der Waals surface area contributed by atoms with Crippen LogP contribution in [-0.4, -0.2) is 98.6 Å². The first kappa shape index (κ1) is 38.4. The quantitative estimate of drug-likeness (QED) is 0.266. The fourth-order valence-corrected chi connectivity index (χ4v) is 6.60. The van der Waals surface area contributed by atoms with Gasteiger partial charge < -0.3 is 39.0 Å². The average molecular weight is 687 g/mol. The highest BCUT2D eigenvalue weighted by molar-refractivity contribution is 6.04. The monoisotopic (exact) mass is 686 g/mol. The number of nitrogens with zero attached hydrogens (tertiary/aromatic N) is 3. The number of likely N-dealkylation sites (tertiary alicyclic amines) is 1. The summed E-state index contributed by atoms with van der Waals surface area (Å²) in [6.45, 7) is 17.2. The zero-order valence-corrected chi connectivity index (χ0v) is 31.0. The summed E-state index contributed by atoms with van der Waals surface area (Å²) in [6.07, 6.45) is 2.80. The second kappa shape index (κ2) is 16.1. The molecule has 2 heterocycles. The second-order valence-corrected chi connectivity index (χ2v) is 15.5. The predicted molar refractivity (Wildman–Crippen MR) is 188 cm³/mol. The Hall–Kier alpha value is -3.38. The zero-order chi connectivity index (χ0) is 36.1. The number of fused-ring (bicyclic) bond motifs is 1. The molecule has 0 bridgehead atoms. The molecule has 1 aromatic rings. The minimum absolute atomic E-state index is 0.0186. The fourth-order valence-electron chi connectivity index (χ4n) is 6.60. The van der Waals surface area contributed by atoms with E-state index in [9.17, 15) is 19.2 Å². The Balaban J connectivity index is 1.63. The number of hydrogen-bond donors (Lipinski definition) is 1. The van der Waals surface area contributed by atoms with Crippen molar-refractivity contribution in [3.05, 3.63) is 18.2 Å². The largest absolute Gasteiger partial charge is 0.476 e. The van der Waals surface area contributed by atoms with Crippen LogP contribution >= 0.6 is 0 Å². The normalized spacial score (nSPS) is 21.1. The molecule has 3 aliphatic rings. The van der Waals surface area contributed by atoms with Gasteiger partial charge in [0.2, 0.25) is 11.8 Å². The van der Waals surface area contributed by atoms with E-state index < -0.39 is 29.1 Å². The van der Waals surface area contributed by atoms with Crippen LogP contribution in [0.2, 0.25) is 0 Å². The molecule has 1 saturated heterocycles. The number of hydrogen-bond acceptors (Lipinski definition) is 8. The molecule has 49 heavy (non-hydrogen) atoms. The van der Waals surface area contributed by atoms with E-state index in [-0.39, 0.29) is 42.9 Å². The fraction of sp³-hybridized carbons (Fsp3) is 0.730. The van der Waals surface area contributed by atoms with Gasteiger partial charge in [-0.05, 0) is 97.8 Å². The molecule has 1 aromatic carbocycles. The first-order valence-electron chi connectivity index (χ1n) is 17.9. The minimum Gasteiger partial charge on any atom is -0.476 e. The Labute approximate surface area is 292 Å². The number of ether oxygens (including phenoxy) is 4. The third-order valence-corrected chi connectivity index (χ3v) is 8.96. The van der Waals surface area contributed by atoms with E-state index in [2.05, 4.69) is 19.2 Å². The van der Waals surface area contributed by atoms with Gasteiger partial charge in [-0.3, -0.25) is 14.4 Å². The van der Waals surface area contributed by atoms with Crippen LogP contribution in [0.5, 0.6) is 5.75 Å². The third kappa shape index (κ3) is 10.1. The summed E-state index contributed by atoms with van der Waals surface area (Å²) >= 11 is 0. The molecule has 3 atom stereocenters. The molecule has 12 nitrogen and oxygen atoms in total. The van der Waals surface area contributed by atoms with Crippen LogP contribution in [0.1, 0.15) is 87.5 Å². The number of benzene rings is 1. The summed E-state index contributed by atoms with van der Waals surface area (Å²) in [5.41, 5.74) is -0.507. The van der Waals surface area contributed by atoms with Crippen molar-refractivity contribution < 1.29 is 38.1 Å². The lowest BCUT2D eigenvalue weighted by atomic mass is 9.87. The van der Waals surface area contributed by atoms with Crippen LogP contribution < -0.4 is 19.9 Å². The molecule has 1 N–H and O–H groups in total. The minimum atomic E-state index is -1.03. The van der Waals surface area contributed by atoms with E-state index in [1.807, 2.05) is 25.1 Å². The maximum absolute atomic E-state index is 14.6. The molecule has 1 aliphatic carbocycles. The van der Waals surface area contributed by atoms with Gasteiger partial charge in [-0.1, -0.05) is 13.8 Å². The van der Waals surface area contributed by atoms with Crippen LogP contribution in [0, 0.1) is 17.8 Å². The number of piperidine rings is 1. The van der Waals surface area contributed by atoms with Crippen molar-refractivity contribution in [2.24, 2.45) is 17.8 Å². The van der Waals surface area contributed by atoms with Crippen LogP contribution in [0.25, 0.3) is 0 Å². The Morgan fingerprint density at radius 3 is 2.43 bits per heavy atom. The standard InChI is InChI=1S/C37H58N4O8/c1-10-47-23-27(18-24(2)3)38-32(42)25-19-26(22-39(21-25)35(45)49-36(4,5)6)33(43)41(28-12-13-28)29-14-15-31-30(20-29)40(16-11-17-46-9)34(44)37(7,8)48-31/h14-15,20,24-28H,10-13,16-19,21-23H2,1-9H3,(H,38,42)/t25-,26+,27?/m0/s1. The summed E-state index contributed by atoms with van der Waals surface area (Å²) in [6, 6.07) is 5.34. The highest BCUT2D eigenvalue weighted by Gasteiger charge is 2.45. The van der Waals surface area contributed by atoms with E-state index in [0.29, 0.717) is 62.2 Å². The van der Waals surface area contributed by atoms with Crippen molar-refractivity contribution in [1.82, 2.24) is 10.2 Å². The number of amides is 4. The molecular formula is C37H58N4O8. The van der Waals surface area contributed by atoms with Crippen LogP contribution in [0.4, 0.5) is 16.2 Å². The Morgan fingerprint density at radius 1 is 1.12 bits per heavy atom. The molecule has 2 aliphatic heterocycles. The van der Waals surface area contributed by atoms with Gasteiger partial charge in [-0.25, -0.2) is 4.79 Å². The molecule has 0 radical (unpaired) electrons. The van der Waals surface area contributed by atoms with Crippen molar-refractivity contribution in [3.63, 3.8) is 0 Å². The number of carbonyl (C=O) groups is 4. The third-order valence-electron chi connectivity index (χ3n) is 8.96. The number of methoxy groups -OCH3 is 1. The van der Waals surface area contributed by atoms with E-state index >= 15 is 0 Å². The highest BCUT2D eigenvalue weighted by Crippen LogP contribution is 2.43. The van der Waals surface area contributed by atoms with Gasteiger partial charge >= 0.3 is 6.09 Å². The van der Waals surface area contributed by atoms with E-state index in [1.165, 1.54) is 4.90 Å². The maximum Gasteiger partial charge on any atom is 0.410 e. The molecule has 2 fully saturated rings. The first-order valence-corrected chi connectivity index (χ1v) is 17.9. The van der Waals surface area contributed by atoms with Gasteiger partial charge in [0.05, 0.1) is 30.2 Å². The molecule has 4 amide bonds. The van der Waals surface area contributed by atoms with Gasteiger partial charge in [0.25, 0.3) is 5.91 Å². The van der Waals surface area contributed by atoms with E-state index in [1.54, 1.807) is 51.5 Å². The number of nitrogens with one attached hydrogen (secondary N) is 1. The maximum atomic E-state index is 14.6. The summed E-state index contributed by atoms with van der Waals surface area (Å²) in [5.74, 6) is -0.853. The summed E-state index contributed by atoms with van der Waals surface area (Å²) in [5, 5.41) is 3.16. The lowest BCUT2D eigenvalue weighted by Crippen LogP contribution is -2.55. The molecule has 274 valence electrons. The number of rotatable bonds is 14. The summed E-state index contributed by atoms with van der Waals surface area (Å²) in [7, 11) is 1.63. The SMILES string of the molecule is CCOCC(CC(C)C)NC(=O)[C@H]1C[C@@H](C(=O)N(c2ccc3c(c2)N(CCCOC)C(=O)C(C)(C)O3)C2CC2)CN(C(=O)OC(C)(C)C)C1. The van der Waals surface area contributed by atoms with Crippen molar-refractivity contribution in [3.8, 4) is 5.75 Å². The molecule has 0 spiro atoms. The van der Waals surface area contributed by atoms with Gasteiger partial charge in [0.1, 0.15) is 11.4 Å². The van der Waals surface area contributed by atoms with Crippen molar-refractivity contribution >= 4 is 35.2 Å². The van der Waals surface area contributed by atoms with Crippen molar-refractivity contribution in [2.45, 2.75) is 111 Å². The lowest BCUT2D eigenvalue weighted by molar-refractivity contribution is -0.133. The predicted octanol–water partition coefficient (Wildman–Crippen LogP) is 5.16. The van der Waals surface area contributed by atoms with Gasteiger partial charge in [-0.15, -0.1) is 0 Å². The summed E-state index contributed by atoms with van der Waals surface area (Å²) < 4.78 is 22.7. The summed E-state index contributed by atoms with van der Waals surface area (Å²) in [4.78, 5) is 60.3. The molecular weight excluding hydrogens is 628 g/mol. The molecule has 4 rings (SSSR count). The Bertz CT molecular complexity index is 1340. The molecule has 0 aromatic heterocycles. The van der Waals surface area contributed by atoms with Crippen LogP contribution in [0.15, 0.2) is 18.2 Å². The molecule has 12 heteroatoms. The average Bonchev–Trinajstić information content (AvgIpc) is 3.86. The number of carbonyl (C=O) groups excluding carboxylic acids is 4. The van der Waals surface area contributed by atoms with Gasteiger partial charge in [0.15, 0.2) is 5.60 Å². The van der Waals surface area contributed by atoms with Crippen LogP contribution in [-0.2, 0) is 28.6 Å². The van der Waals surface area contributed by atoms with Gasteiger partial charge in [0, 0.05) is 51.7 Å². The van der Waals surface area contributed by atoms with E-state index in [4.69, 9.17) is 18.9 Å². The smallest absolute Gasteiger partial charge is 0.410 e. The first-order chi connectivity index (χ1) is 23.0. The molecule has 1 saturated carbocycles.